The summed E-state index contributed by atoms with van der Waals surface area (Å²) in [7, 11) is 2.26. The van der Waals surface area contributed by atoms with E-state index < -0.39 is 0 Å². The highest BCUT2D eigenvalue weighted by atomic mass is 15.2. The van der Waals surface area contributed by atoms with E-state index in [1.54, 1.807) is 0 Å². The lowest BCUT2D eigenvalue weighted by molar-refractivity contribution is 0.189. The van der Waals surface area contributed by atoms with E-state index >= 15 is 0 Å². The van der Waals surface area contributed by atoms with Crippen LogP contribution in [0.4, 0.5) is 0 Å². The zero-order valence-corrected chi connectivity index (χ0v) is 8.00. The van der Waals surface area contributed by atoms with Gasteiger partial charge in [-0.05, 0) is 32.2 Å². The van der Waals surface area contributed by atoms with Gasteiger partial charge in [0, 0.05) is 18.6 Å². The van der Waals surface area contributed by atoms with Crippen LogP contribution in [0.1, 0.15) is 32.1 Å². The van der Waals surface area contributed by atoms with Crippen LogP contribution >= 0.6 is 0 Å². The molecule has 0 radical (unpaired) electrons. The first kappa shape index (κ1) is 8.52. The highest BCUT2D eigenvalue weighted by Gasteiger charge is 2.38. The maximum atomic E-state index is 5.74. The molecule has 1 heterocycles. The van der Waals surface area contributed by atoms with Crippen molar-refractivity contribution in [2.24, 2.45) is 11.7 Å². The van der Waals surface area contributed by atoms with E-state index in [-0.39, 0.29) is 0 Å². The minimum atomic E-state index is 0.679. The van der Waals surface area contributed by atoms with Crippen molar-refractivity contribution < 1.29 is 0 Å². The average molecular weight is 168 g/mol. The number of hydrogen-bond acceptors (Lipinski definition) is 2. The number of likely N-dealkylation sites (tertiary alicyclic amines) is 1. The number of nitrogens with two attached hydrogens (primary N) is 1. The van der Waals surface area contributed by atoms with Crippen molar-refractivity contribution in [2.75, 3.05) is 13.6 Å². The Morgan fingerprint density at radius 2 is 2.08 bits per heavy atom. The van der Waals surface area contributed by atoms with Gasteiger partial charge >= 0.3 is 0 Å². The Morgan fingerprint density at radius 3 is 2.75 bits per heavy atom. The molecular weight excluding hydrogens is 148 g/mol. The van der Waals surface area contributed by atoms with Crippen LogP contribution in [0.5, 0.6) is 0 Å². The molecule has 2 rings (SSSR count). The van der Waals surface area contributed by atoms with E-state index in [2.05, 4.69) is 11.9 Å². The molecule has 0 amide bonds. The molecule has 0 bridgehead atoms. The normalized spacial score (nSPS) is 43.0. The summed E-state index contributed by atoms with van der Waals surface area (Å²) in [5.41, 5.74) is 5.74. The van der Waals surface area contributed by atoms with Crippen molar-refractivity contribution in [3.8, 4) is 0 Å². The Labute approximate surface area is 75.1 Å². The third-order valence-corrected chi connectivity index (χ3v) is 3.81. The van der Waals surface area contributed by atoms with Gasteiger partial charge in [-0.1, -0.05) is 12.8 Å². The van der Waals surface area contributed by atoms with Crippen LogP contribution in [0.15, 0.2) is 0 Å². The Kier molecular flexibility index (Phi) is 2.37. The van der Waals surface area contributed by atoms with Crippen LogP contribution < -0.4 is 5.73 Å². The van der Waals surface area contributed by atoms with Crippen molar-refractivity contribution in [3.63, 3.8) is 0 Å². The first-order valence-corrected chi connectivity index (χ1v) is 5.25. The number of likely N-dealkylation sites (N-methyl/N-ethyl adjacent to an activating group) is 1. The van der Waals surface area contributed by atoms with Gasteiger partial charge in [0.1, 0.15) is 0 Å². The molecular formula is C10H20N2. The summed E-state index contributed by atoms with van der Waals surface area (Å²) in [5.74, 6) is 0.970. The minimum absolute atomic E-state index is 0.679. The highest BCUT2D eigenvalue weighted by Crippen LogP contribution is 2.38. The maximum Gasteiger partial charge on any atom is 0.0221 e. The molecule has 1 saturated carbocycles. The van der Waals surface area contributed by atoms with Crippen LogP contribution in [0.25, 0.3) is 0 Å². The van der Waals surface area contributed by atoms with Crippen molar-refractivity contribution in [1.29, 1.82) is 0 Å². The van der Waals surface area contributed by atoms with E-state index in [0.29, 0.717) is 6.04 Å². The average Bonchev–Trinajstić information content (AvgIpc) is 2.44. The molecule has 12 heavy (non-hydrogen) atoms. The first-order chi connectivity index (χ1) is 5.83. The lowest BCUT2D eigenvalue weighted by atomic mass is 9.85. The second-order valence-electron chi connectivity index (χ2n) is 4.40. The van der Waals surface area contributed by atoms with Gasteiger partial charge in [-0.15, -0.1) is 0 Å². The molecule has 3 atom stereocenters. The lowest BCUT2D eigenvalue weighted by Crippen LogP contribution is -2.38. The highest BCUT2D eigenvalue weighted by molar-refractivity contribution is 4.94. The molecule has 1 aliphatic heterocycles. The zero-order chi connectivity index (χ0) is 8.55. The summed E-state index contributed by atoms with van der Waals surface area (Å²) in [6, 6.07) is 1.55. The number of rotatable bonds is 1. The largest absolute Gasteiger partial charge is 0.329 e. The van der Waals surface area contributed by atoms with Gasteiger partial charge < -0.3 is 5.73 Å². The molecule has 70 valence electrons. The van der Waals surface area contributed by atoms with Gasteiger partial charge in [0.2, 0.25) is 0 Å². The van der Waals surface area contributed by atoms with Gasteiger partial charge in [-0.25, -0.2) is 0 Å². The second-order valence-corrected chi connectivity index (χ2v) is 4.40. The minimum Gasteiger partial charge on any atom is -0.329 e. The number of nitrogens with zero attached hydrogens (tertiary/aromatic N) is 1. The van der Waals surface area contributed by atoms with E-state index in [9.17, 15) is 0 Å². The van der Waals surface area contributed by atoms with Crippen molar-refractivity contribution in [3.05, 3.63) is 0 Å². The van der Waals surface area contributed by atoms with Crippen LogP contribution in [0.3, 0.4) is 0 Å². The fourth-order valence-electron chi connectivity index (χ4n) is 3.05. The molecule has 2 heteroatoms. The van der Waals surface area contributed by atoms with E-state index in [0.717, 1.165) is 18.5 Å². The van der Waals surface area contributed by atoms with Gasteiger partial charge in [0.25, 0.3) is 0 Å². The zero-order valence-electron chi connectivity index (χ0n) is 8.00. The summed E-state index contributed by atoms with van der Waals surface area (Å²) in [4.78, 5) is 2.53. The smallest absolute Gasteiger partial charge is 0.0221 e. The molecule has 0 spiro atoms. The molecule has 0 aromatic heterocycles. The van der Waals surface area contributed by atoms with Crippen molar-refractivity contribution in [2.45, 2.75) is 44.2 Å². The van der Waals surface area contributed by atoms with Crippen LogP contribution in [0.2, 0.25) is 0 Å². The number of hydrogen-bond donors (Lipinski definition) is 1. The Morgan fingerprint density at radius 1 is 1.33 bits per heavy atom. The quantitative estimate of drug-likeness (QED) is 0.637. The second kappa shape index (κ2) is 3.35. The first-order valence-electron chi connectivity index (χ1n) is 5.25. The lowest BCUT2D eigenvalue weighted by Gasteiger charge is -2.30. The number of fused-ring (bicyclic) bond motifs is 1. The topological polar surface area (TPSA) is 29.3 Å². The fraction of sp³-hybridized carbons (Fsp3) is 1.00. The monoisotopic (exact) mass is 168 g/mol. The predicted molar refractivity (Wildman–Crippen MR) is 51.0 cm³/mol. The van der Waals surface area contributed by atoms with Gasteiger partial charge in [0.15, 0.2) is 0 Å². The third-order valence-electron chi connectivity index (χ3n) is 3.81. The summed E-state index contributed by atoms with van der Waals surface area (Å²) in [5, 5.41) is 0. The molecule has 2 nitrogen and oxygen atoms in total. The molecule has 2 aliphatic rings. The van der Waals surface area contributed by atoms with E-state index in [4.69, 9.17) is 5.73 Å². The summed E-state index contributed by atoms with van der Waals surface area (Å²) >= 11 is 0. The van der Waals surface area contributed by atoms with Crippen LogP contribution in [0, 0.1) is 5.92 Å². The molecule has 2 fully saturated rings. The summed E-state index contributed by atoms with van der Waals surface area (Å²) < 4.78 is 0. The molecule has 0 aromatic carbocycles. The summed E-state index contributed by atoms with van der Waals surface area (Å²) in [6.45, 7) is 0.851. The van der Waals surface area contributed by atoms with E-state index in [1.807, 2.05) is 0 Å². The van der Waals surface area contributed by atoms with Crippen molar-refractivity contribution >= 4 is 0 Å². The van der Waals surface area contributed by atoms with Gasteiger partial charge in [-0.2, -0.15) is 0 Å². The fourth-order valence-corrected chi connectivity index (χ4v) is 3.05. The Balaban J connectivity index is 2.03. The van der Waals surface area contributed by atoms with E-state index in [1.165, 1.54) is 32.1 Å². The maximum absolute atomic E-state index is 5.74. The Hall–Kier alpha value is -0.0800. The van der Waals surface area contributed by atoms with Crippen molar-refractivity contribution in [1.82, 2.24) is 4.90 Å². The third kappa shape index (κ3) is 1.27. The molecule has 1 aliphatic carbocycles. The van der Waals surface area contributed by atoms with Crippen LogP contribution in [-0.4, -0.2) is 30.6 Å². The Bertz CT molecular complexity index is 156. The molecule has 0 aromatic rings. The molecule has 2 N–H and O–H groups in total. The predicted octanol–water partition coefficient (Wildman–Crippen LogP) is 1.21. The SMILES string of the molecule is CN1[C@H](CN)C[C@H]2CCCC[C@H]21. The molecule has 1 saturated heterocycles. The molecule has 0 unspecified atom stereocenters. The van der Waals surface area contributed by atoms with Crippen LogP contribution in [-0.2, 0) is 0 Å². The van der Waals surface area contributed by atoms with Gasteiger partial charge in [0.05, 0.1) is 0 Å². The summed E-state index contributed by atoms with van der Waals surface area (Å²) in [6.07, 6.45) is 7.11. The standard InChI is InChI=1S/C10H20N2/c1-12-9(7-11)6-8-4-2-3-5-10(8)12/h8-10H,2-7,11H2,1H3/t8-,9+,10-/m1/s1. The van der Waals surface area contributed by atoms with Gasteiger partial charge in [-0.3, -0.25) is 4.90 Å².